The van der Waals surface area contributed by atoms with Gasteiger partial charge in [0.2, 0.25) is 0 Å². The van der Waals surface area contributed by atoms with Gasteiger partial charge in [0, 0.05) is 0 Å². The molecule has 2 rings (SSSR count). The van der Waals surface area contributed by atoms with Crippen molar-refractivity contribution in [2.75, 3.05) is 0 Å². The van der Waals surface area contributed by atoms with Gasteiger partial charge in [-0.2, -0.15) is 0 Å². The van der Waals surface area contributed by atoms with Crippen molar-refractivity contribution >= 4 is 7.94 Å². The molecule has 0 aliphatic rings. The van der Waals surface area contributed by atoms with Crippen LogP contribution in [0.5, 0.6) is 0 Å². The van der Waals surface area contributed by atoms with Crippen molar-refractivity contribution < 1.29 is 14.7 Å². The van der Waals surface area contributed by atoms with E-state index >= 15 is 0 Å². The second-order valence-electron chi connectivity index (χ2n) is 20.7. The van der Waals surface area contributed by atoms with Crippen molar-refractivity contribution in [1.29, 1.82) is 0 Å². The first kappa shape index (κ1) is 46.9. The van der Waals surface area contributed by atoms with E-state index in [0.717, 1.165) is 52.6 Å². The van der Waals surface area contributed by atoms with Crippen LogP contribution in [-0.2, 0) is 26.8 Å². The van der Waals surface area contributed by atoms with E-state index < -0.39 is 13.1 Å². The molecule has 3 N–H and O–H groups in total. The molecule has 0 aliphatic carbocycles. The van der Waals surface area contributed by atoms with E-state index in [9.17, 15) is 14.7 Å². The van der Waals surface area contributed by atoms with Crippen molar-refractivity contribution in [3.8, 4) is 0 Å². The summed E-state index contributed by atoms with van der Waals surface area (Å²) in [6.45, 7) is 33.4. The third kappa shape index (κ3) is 12.6. The molecule has 0 spiro atoms. The molecule has 0 saturated heterocycles. The van der Waals surface area contributed by atoms with Crippen LogP contribution < -0.4 is 0 Å². The van der Waals surface area contributed by atoms with Gasteiger partial charge in [-0.05, 0) is 0 Å². The Morgan fingerprint density at radius 2 is 0.712 bits per heavy atom. The first-order valence-corrected chi connectivity index (χ1v) is 23.1. The summed E-state index contributed by atoms with van der Waals surface area (Å²) in [5.74, 6) is 0. The molecule has 2 aromatic carbocycles. The first-order chi connectivity index (χ1) is 23.8. The van der Waals surface area contributed by atoms with Gasteiger partial charge in [0.25, 0.3) is 0 Å². The van der Waals surface area contributed by atoms with Crippen LogP contribution >= 0.6 is 7.94 Å². The Labute approximate surface area is 323 Å². The van der Waals surface area contributed by atoms with Gasteiger partial charge in [-0.1, -0.05) is 39.0 Å². The number of benzene rings is 2. The van der Waals surface area contributed by atoms with E-state index in [0.29, 0.717) is 6.42 Å². The molecule has 0 amide bonds. The summed E-state index contributed by atoms with van der Waals surface area (Å²) >= 11 is 0. The van der Waals surface area contributed by atoms with Crippen molar-refractivity contribution in [2.24, 2.45) is 0 Å². The molecule has 52 heavy (non-hydrogen) atoms. The SMILES string of the molecule is CCCCCCCCCCCCCCCCCC(c1c(C)cc(C(C)(C)C)cc1C(C)(C)C)(c1c(C)cc(C(C)(C)C)cc1C(C)(C)C)[PH](O)(O)O. The Morgan fingerprint density at radius 3 is 0.962 bits per heavy atom. The normalized spacial score (nSPS) is 14.0. The molecule has 2 aromatic rings. The molecule has 0 heterocycles. The van der Waals surface area contributed by atoms with Crippen molar-refractivity contribution in [1.82, 2.24) is 0 Å². The average Bonchev–Trinajstić information content (AvgIpc) is 2.98. The van der Waals surface area contributed by atoms with Crippen LogP contribution in [0.4, 0.5) is 0 Å². The van der Waals surface area contributed by atoms with E-state index in [-0.39, 0.29) is 21.7 Å². The second-order valence-corrected chi connectivity index (χ2v) is 22.8. The average molecular weight is 741 g/mol. The molecule has 0 atom stereocenters. The molecular formula is C48H85O3P. The van der Waals surface area contributed by atoms with Gasteiger partial charge in [-0.25, -0.2) is 0 Å². The molecule has 0 radical (unpaired) electrons. The fourth-order valence-corrected chi connectivity index (χ4v) is 10.2. The van der Waals surface area contributed by atoms with Gasteiger partial charge < -0.3 is 0 Å². The zero-order chi connectivity index (χ0) is 39.8. The topological polar surface area (TPSA) is 60.7 Å². The third-order valence-electron chi connectivity index (χ3n) is 11.6. The van der Waals surface area contributed by atoms with Crippen LogP contribution in [0, 0.1) is 13.8 Å². The molecule has 3 nitrogen and oxygen atoms in total. The Morgan fingerprint density at radius 1 is 0.423 bits per heavy atom. The number of hydrogen-bond acceptors (Lipinski definition) is 3. The van der Waals surface area contributed by atoms with Crippen LogP contribution in [0.3, 0.4) is 0 Å². The summed E-state index contributed by atoms with van der Waals surface area (Å²) in [4.78, 5) is 36.6. The number of aryl methyl sites for hydroxylation is 2. The van der Waals surface area contributed by atoms with Crippen molar-refractivity contribution in [2.45, 2.75) is 233 Å². The Balaban J connectivity index is 2.59. The number of rotatable bonds is 19. The number of hydrogen-bond donors (Lipinski definition) is 3. The third-order valence-corrected chi connectivity index (χ3v) is 13.5. The Kier molecular flexibility index (Phi) is 17.2. The molecule has 0 saturated carbocycles. The minimum absolute atomic E-state index is 0.0762. The molecule has 300 valence electrons. The predicted molar refractivity (Wildman–Crippen MR) is 232 cm³/mol. The predicted octanol–water partition coefficient (Wildman–Crippen LogP) is 14.5. The summed E-state index contributed by atoms with van der Waals surface area (Å²) in [5.41, 5.74) is 7.86. The zero-order valence-corrected chi connectivity index (χ0v) is 38.0. The van der Waals surface area contributed by atoms with Gasteiger partial charge in [0.15, 0.2) is 0 Å². The summed E-state index contributed by atoms with van der Waals surface area (Å²) in [7, 11) is -4.94. The van der Waals surface area contributed by atoms with Crippen LogP contribution in [0.25, 0.3) is 0 Å². The van der Waals surface area contributed by atoms with Crippen LogP contribution in [0.2, 0.25) is 0 Å². The molecule has 0 fully saturated rings. The fraction of sp³-hybridized carbons (Fsp3) is 0.750. The van der Waals surface area contributed by atoms with E-state index in [1.807, 2.05) is 0 Å². The van der Waals surface area contributed by atoms with Crippen LogP contribution in [0.15, 0.2) is 24.3 Å². The van der Waals surface area contributed by atoms with Crippen molar-refractivity contribution in [3.63, 3.8) is 0 Å². The van der Waals surface area contributed by atoms with E-state index in [1.165, 1.54) is 88.2 Å². The van der Waals surface area contributed by atoms with Gasteiger partial charge in [0.05, 0.1) is 0 Å². The maximum atomic E-state index is 12.2. The quantitative estimate of drug-likeness (QED) is 0.0993. The Bertz CT molecular complexity index is 1300. The fourth-order valence-electron chi connectivity index (χ4n) is 8.40. The standard InChI is InChI=1S/C48H85O3P/c1-16-17-18-19-20-21-22-23-24-25-26-27-28-29-30-31-48(52(49,50)51,42-36(2)32-38(44(4,5)6)34-40(42)46(10,11)12)43-37(3)33-39(45(7,8)9)35-41(43)47(13,14)15/h32-35,49-52H,16-31H2,1-15H3. The molecule has 4 heteroatoms. The minimum atomic E-state index is -4.94. The molecule has 0 bridgehead atoms. The summed E-state index contributed by atoms with van der Waals surface area (Å²) in [6, 6.07) is 9.11. The van der Waals surface area contributed by atoms with E-state index in [1.54, 1.807) is 0 Å². The van der Waals surface area contributed by atoms with Gasteiger partial charge in [-0.15, -0.1) is 0 Å². The first-order valence-electron chi connectivity index (χ1n) is 21.3. The number of unbranched alkanes of at least 4 members (excludes halogenated alkanes) is 14. The van der Waals surface area contributed by atoms with Crippen LogP contribution in [-0.4, -0.2) is 14.7 Å². The molecule has 0 aliphatic heterocycles. The Hall–Kier alpha value is -1.25. The molecule has 0 unspecified atom stereocenters. The second kappa shape index (κ2) is 19.1. The monoisotopic (exact) mass is 741 g/mol. The zero-order valence-electron chi connectivity index (χ0n) is 37.0. The van der Waals surface area contributed by atoms with E-state index in [2.05, 4.69) is 128 Å². The molecule has 0 aromatic heterocycles. The van der Waals surface area contributed by atoms with E-state index in [4.69, 9.17) is 0 Å². The van der Waals surface area contributed by atoms with Gasteiger partial charge in [-0.3, -0.25) is 0 Å². The molecular weight excluding hydrogens is 655 g/mol. The van der Waals surface area contributed by atoms with Crippen molar-refractivity contribution in [3.05, 3.63) is 68.8 Å². The summed E-state index contributed by atoms with van der Waals surface area (Å²) in [6.07, 6.45) is 19.6. The van der Waals surface area contributed by atoms with Gasteiger partial charge >= 0.3 is 286 Å². The maximum absolute atomic E-state index is 12.2. The van der Waals surface area contributed by atoms with Crippen LogP contribution in [0.1, 0.15) is 237 Å². The summed E-state index contributed by atoms with van der Waals surface area (Å²) in [5, 5.41) is -1.32. The summed E-state index contributed by atoms with van der Waals surface area (Å²) < 4.78 is 0. The van der Waals surface area contributed by atoms with Gasteiger partial charge in [0.1, 0.15) is 0 Å².